The van der Waals surface area contributed by atoms with Crippen molar-refractivity contribution in [1.29, 1.82) is 0 Å². The van der Waals surface area contributed by atoms with Gasteiger partial charge in [0.2, 0.25) is 0 Å². The van der Waals surface area contributed by atoms with E-state index in [-0.39, 0.29) is 11.3 Å². The van der Waals surface area contributed by atoms with Crippen LogP contribution in [0.25, 0.3) is 5.76 Å². The number of ether oxygens (including phenoxy) is 1. The van der Waals surface area contributed by atoms with E-state index in [1.807, 2.05) is 18.4 Å². The minimum Gasteiger partial charge on any atom is -0.507 e. The van der Waals surface area contributed by atoms with Crippen LogP contribution in [0.1, 0.15) is 22.0 Å². The van der Waals surface area contributed by atoms with Gasteiger partial charge in [0.25, 0.3) is 11.7 Å². The molecule has 8 heteroatoms. The SMILES string of the molecule is COc1cc(/C(O)=C2/C(=O)C(=O)N(c3cccc(Cl)c3)C2c2sccc2C)ccc1Cl. The first-order valence-electron chi connectivity index (χ1n) is 9.28. The second kappa shape index (κ2) is 8.38. The molecular weight excluding hydrogens is 457 g/mol. The molecule has 1 unspecified atom stereocenters. The van der Waals surface area contributed by atoms with E-state index in [0.29, 0.717) is 27.0 Å². The molecule has 1 amide bonds. The Labute approximate surface area is 193 Å². The third-order valence-corrected chi connectivity index (χ3v) is 6.72. The number of anilines is 1. The molecule has 31 heavy (non-hydrogen) atoms. The smallest absolute Gasteiger partial charge is 0.300 e. The van der Waals surface area contributed by atoms with Gasteiger partial charge in [0.1, 0.15) is 17.6 Å². The fourth-order valence-corrected chi connectivity index (χ4v) is 5.00. The summed E-state index contributed by atoms with van der Waals surface area (Å²) in [5.74, 6) is -1.46. The number of hydrogen-bond acceptors (Lipinski definition) is 5. The number of thiophene rings is 1. The van der Waals surface area contributed by atoms with Crippen molar-refractivity contribution in [1.82, 2.24) is 0 Å². The molecule has 2 heterocycles. The molecule has 0 spiro atoms. The monoisotopic (exact) mass is 473 g/mol. The number of ketones is 1. The fourth-order valence-electron chi connectivity index (χ4n) is 3.60. The van der Waals surface area contributed by atoms with Gasteiger partial charge in [-0.05, 0) is 60.3 Å². The number of benzene rings is 2. The standard InChI is InChI=1S/C23H17Cl2NO4S/c1-12-8-9-31-22(12)19-18(20(27)13-6-7-16(25)17(10-13)30-2)21(28)23(29)26(19)15-5-3-4-14(24)11-15/h3-11,19,27H,1-2H3/b20-18-. The average Bonchev–Trinajstić information content (AvgIpc) is 3.28. The topological polar surface area (TPSA) is 66.8 Å². The summed E-state index contributed by atoms with van der Waals surface area (Å²) < 4.78 is 5.23. The molecular formula is C23H17Cl2NO4S. The molecule has 0 bridgehead atoms. The number of halogens is 2. The van der Waals surface area contributed by atoms with Gasteiger partial charge in [0, 0.05) is 21.2 Å². The van der Waals surface area contributed by atoms with Gasteiger partial charge >= 0.3 is 0 Å². The molecule has 4 rings (SSSR count). The van der Waals surface area contributed by atoms with Crippen LogP contribution in [0.15, 0.2) is 59.5 Å². The van der Waals surface area contributed by atoms with Crippen LogP contribution in [-0.4, -0.2) is 23.9 Å². The summed E-state index contributed by atoms with van der Waals surface area (Å²) in [7, 11) is 1.46. The zero-order valence-electron chi connectivity index (χ0n) is 16.6. The zero-order chi connectivity index (χ0) is 22.3. The number of amides is 1. The van der Waals surface area contributed by atoms with Crippen molar-refractivity contribution in [3.05, 3.63) is 85.5 Å². The average molecular weight is 474 g/mol. The largest absolute Gasteiger partial charge is 0.507 e. The Hall–Kier alpha value is -2.80. The molecule has 0 radical (unpaired) electrons. The molecule has 5 nitrogen and oxygen atoms in total. The van der Waals surface area contributed by atoms with Crippen LogP contribution in [0.2, 0.25) is 10.0 Å². The molecule has 2 aromatic carbocycles. The summed E-state index contributed by atoms with van der Waals surface area (Å²) in [6, 6.07) is 12.5. The maximum atomic E-state index is 13.1. The first-order chi connectivity index (χ1) is 14.8. The van der Waals surface area contributed by atoms with Crippen LogP contribution in [0.4, 0.5) is 5.69 Å². The lowest BCUT2D eigenvalue weighted by Gasteiger charge is -2.25. The number of carbonyl (C=O) groups is 2. The summed E-state index contributed by atoms with van der Waals surface area (Å²) in [5.41, 5.74) is 1.70. The first-order valence-corrected chi connectivity index (χ1v) is 10.9. The second-order valence-corrected chi connectivity index (χ2v) is 8.76. The van der Waals surface area contributed by atoms with Crippen LogP contribution in [0.3, 0.4) is 0 Å². The van der Waals surface area contributed by atoms with Gasteiger partial charge in [-0.1, -0.05) is 29.3 Å². The number of Topliss-reactive ketones (excluding diaryl/α,β-unsaturated/α-hetero) is 1. The van der Waals surface area contributed by atoms with E-state index >= 15 is 0 Å². The number of hydrogen-bond donors (Lipinski definition) is 1. The predicted molar refractivity (Wildman–Crippen MR) is 123 cm³/mol. The van der Waals surface area contributed by atoms with Gasteiger partial charge in [-0.3, -0.25) is 14.5 Å². The second-order valence-electron chi connectivity index (χ2n) is 6.97. The Balaban J connectivity index is 1.96. The van der Waals surface area contributed by atoms with Crippen molar-refractivity contribution in [2.45, 2.75) is 13.0 Å². The van der Waals surface area contributed by atoms with E-state index in [9.17, 15) is 14.7 Å². The lowest BCUT2D eigenvalue weighted by molar-refractivity contribution is -0.132. The Bertz CT molecular complexity index is 1230. The molecule has 0 aliphatic carbocycles. The number of nitrogens with zero attached hydrogens (tertiary/aromatic N) is 1. The molecule has 1 N–H and O–H groups in total. The van der Waals surface area contributed by atoms with Crippen molar-refractivity contribution in [3.8, 4) is 5.75 Å². The quantitative estimate of drug-likeness (QED) is 0.286. The van der Waals surface area contributed by atoms with Crippen molar-refractivity contribution >= 4 is 57.7 Å². The number of rotatable bonds is 4. The van der Waals surface area contributed by atoms with Crippen LogP contribution < -0.4 is 9.64 Å². The lowest BCUT2D eigenvalue weighted by Crippen LogP contribution is -2.29. The summed E-state index contributed by atoms with van der Waals surface area (Å²) in [4.78, 5) is 28.4. The number of aliphatic hydroxyl groups excluding tert-OH is 1. The zero-order valence-corrected chi connectivity index (χ0v) is 18.9. The van der Waals surface area contributed by atoms with E-state index in [2.05, 4.69) is 0 Å². The molecule has 1 atom stereocenters. The van der Waals surface area contributed by atoms with Crippen LogP contribution in [-0.2, 0) is 9.59 Å². The fraction of sp³-hybridized carbons (Fsp3) is 0.130. The molecule has 1 aliphatic heterocycles. The maximum Gasteiger partial charge on any atom is 0.300 e. The minimum atomic E-state index is -0.792. The van der Waals surface area contributed by atoms with E-state index in [0.717, 1.165) is 10.4 Å². The Morgan fingerprint density at radius 1 is 1.13 bits per heavy atom. The third kappa shape index (κ3) is 3.71. The molecule has 0 saturated carbocycles. The summed E-state index contributed by atoms with van der Waals surface area (Å²) in [5, 5.41) is 13.8. The Morgan fingerprint density at radius 3 is 2.55 bits per heavy atom. The number of aliphatic hydroxyl groups is 1. The summed E-state index contributed by atoms with van der Waals surface area (Å²) in [6.07, 6.45) is 0. The number of methoxy groups -OCH3 is 1. The lowest BCUT2D eigenvalue weighted by atomic mass is 9.98. The molecule has 1 aliphatic rings. The van der Waals surface area contributed by atoms with Gasteiger partial charge in [-0.25, -0.2) is 0 Å². The van der Waals surface area contributed by atoms with Crippen LogP contribution in [0.5, 0.6) is 5.75 Å². The van der Waals surface area contributed by atoms with Crippen LogP contribution >= 0.6 is 34.5 Å². The van der Waals surface area contributed by atoms with Gasteiger partial charge in [-0.2, -0.15) is 0 Å². The normalized spacial score (nSPS) is 17.9. The molecule has 1 fully saturated rings. The summed E-state index contributed by atoms with van der Waals surface area (Å²) in [6.45, 7) is 1.90. The number of aryl methyl sites for hydroxylation is 1. The van der Waals surface area contributed by atoms with Gasteiger partial charge in [-0.15, -0.1) is 11.3 Å². The molecule has 1 aromatic heterocycles. The van der Waals surface area contributed by atoms with Crippen molar-refractivity contribution in [2.24, 2.45) is 0 Å². The van der Waals surface area contributed by atoms with Crippen LogP contribution in [0, 0.1) is 6.92 Å². The van der Waals surface area contributed by atoms with E-state index in [1.165, 1.54) is 29.4 Å². The molecule has 158 valence electrons. The first kappa shape index (κ1) is 21.4. The maximum absolute atomic E-state index is 13.1. The summed E-state index contributed by atoms with van der Waals surface area (Å²) >= 11 is 13.7. The number of carbonyl (C=O) groups excluding carboxylic acids is 2. The van der Waals surface area contributed by atoms with E-state index in [1.54, 1.807) is 36.4 Å². The van der Waals surface area contributed by atoms with Crippen molar-refractivity contribution in [3.63, 3.8) is 0 Å². The van der Waals surface area contributed by atoms with Gasteiger partial charge in [0.15, 0.2) is 0 Å². The Morgan fingerprint density at radius 2 is 1.90 bits per heavy atom. The van der Waals surface area contributed by atoms with E-state index < -0.39 is 17.7 Å². The highest BCUT2D eigenvalue weighted by Crippen LogP contribution is 2.45. The third-order valence-electron chi connectivity index (χ3n) is 5.11. The highest BCUT2D eigenvalue weighted by molar-refractivity contribution is 7.10. The molecule has 1 saturated heterocycles. The Kier molecular flexibility index (Phi) is 5.79. The highest BCUT2D eigenvalue weighted by Gasteiger charge is 2.48. The van der Waals surface area contributed by atoms with Gasteiger partial charge in [0.05, 0.1) is 17.7 Å². The molecule has 3 aromatic rings. The highest BCUT2D eigenvalue weighted by atomic mass is 35.5. The predicted octanol–water partition coefficient (Wildman–Crippen LogP) is 6.00. The van der Waals surface area contributed by atoms with Gasteiger partial charge < -0.3 is 9.84 Å². The van der Waals surface area contributed by atoms with Crippen molar-refractivity contribution < 1.29 is 19.4 Å². The van der Waals surface area contributed by atoms with E-state index in [4.69, 9.17) is 27.9 Å². The van der Waals surface area contributed by atoms with Crippen molar-refractivity contribution in [2.75, 3.05) is 12.0 Å². The minimum absolute atomic E-state index is 0.0000916.